The molecule has 0 saturated heterocycles. The second-order valence-electron chi connectivity index (χ2n) is 8.28. The Balaban J connectivity index is 1.58. The van der Waals surface area contributed by atoms with Crippen molar-refractivity contribution in [2.45, 2.75) is 39.7 Å². The molecule has 0 radical (unpaired) electrons. The topological polar surface area (TPSA) is 68.5 Å². The van der Waals surface area contributed by atoms with Crippen LogP contribution in [0.4, 0.5) is 0 Å². The van der Waals surface area contributed by atoms with E-state index in [0.717, 1.165) is 11.1 Å². The fourth-order valence-corrected chi connectivity index (χ4v) is 3.09. The van der Waals surface area contributed by atoms with Crippen LogP contribution in [0.3, 0.4) is 0 Å². The minimum absolute atomic E-state index is 0.0776. The Kier molecular flexibility index (Phi) is 6.46. The molecule has 158 valence electrons. The molecule has 2 aromatic carbocycles. The van der Waals surface area contributed by atoms with Gasteiger partial charge in [0.15, 0.2) is 6.61 Å². The van der Waals surface area contributed by atoms with E-state index >= 15 is 0 Å². The smallest absolute Gasteiger partial charge is 0.260 e. The van der Waals surface area contributed by atoms with Crippen LogP contribution in [0.15, 0.2) is 46.9 Å². The quantitative estimate of drug-likeness (QED) is 0.551. The average Bonchev–Trinajstić information content (AvgIpc) is 3.15. The van der Waals surface area contributed by atoms with Gasteiger partial charge in [0.2, 0.25) is 11.8 Å². The summed E-state index contributed by atoms with van der Waals surface area (Å²) < 4.78 is 11.3. The molecule has 0 unspecified atom stereocenters. The van der Waals surface area contributed by atoms with Crippen molar-refractivity contribution in [3.63, 3.8) is 0 Å². The molecule has 1 heterocycles. The van der Waals surface area contributed by atoms with Crippen molar-refractivity contribution in [1.82, 2.24) is 15.1 Å². The van der Waals surface area contributed by atoms with Gasteiger partial charge in [-0.3, -0.25) is 4.79 Å². The molecule has 0 aliphatic heterocycles. The highest BCUT2D eigenvalue weighted by molar-refractivity contribution is 6.30. The second-order valence-corrected chi connectivity index (χ2v) is 8.71. The zero-order chi connectivity index (χ0) is 21.9. The molecule has 0 aliphatic carbocycles. The van der Waals surface area contributed by atoms with E-state index in [0.29, 0.717) is 22.6 Å². The van der Waals surface area contributed by atoms with E-state index in [1.54, 1.807) is 25.2 Å². The summed E-state index contributed by atoms with van der Waals surface area (Å²) in [5, 5.41) is 8.80. The third-order valence-corrected chi connectivity index (χ3v) is 4.99. The van der Waals surface area contributed by atoms with Crippen molar-refractivity contribution in [2.75, 3.05) is 13.7 Å². The highest BCUT2D eigenvalue weighted by atomic mass is 35.5. The van der Waals surface area contributed by atoms with Gasteiger partial charge in [-0.25, -0.2) is 0 Å². The van der Waals surface area contributed by atoms with Crippen molar-refractivity contribution >= 4 is 17.5 Å². The molecule has 0 aliphatic rings. The van der Waals surface area contributed by atoms with Crippen LogP contribution in [0.2, 0.25) is 5.02 Å². The molecule has 0 N–H and O–H groups in total. The lowest BCUT2D eigenvalue weighted by atomic mass is 9.87. The van der Waals surface area contributed by atoms with Crippen LogP contribution in [0.1, 0.15) is 37.8 Å². The van der Waals surface area contributed by atoms with E-state index in [1.807, 2.05) is 19.1 Å². The van der Waals surface area contributed by atoms with Crippen LogP contribution in [-0.4, -0.2) is 34.7 Å². The molecule has 0 spiro atoms. The summed E-state index contributed by atoms with van der Waals surface area (Å²) in [6, 6.07) is 13.3. The van der Waals surface area contributed by atoms with Gasteiger partial charge in [-0.2, -0.15) is 0 Å². The third-order valence-electron chi connectivity index (χ3n) is 4.75. The van der Waals surface area contributed by atoms with Crippen molar-refractivity contribution in [1.29, 1.82) is 0 Å². The number of hydrogen-bond acceptors (Lipinski definition) is 5. The number of ether oxygens (including phenoxy) is 1. The summed E-state index contributed by atoms with van der Waals surface area (Å²) in [5.74, 6) is 1.22. The molecular weight excluding hydrogens is 402 g/mol. The Morgan fingerprint density at radius 3 is 2.47 bits per heavy atom. The van der Waals surface area contributed by atoms with Gasteiger partial charge in [-0.15, -0.1) is 10.2 Å². The maximum atomic E-state index is 12.4. The molecule has 7 heteroatoms. The lowest BCUT2D eigenvalue weighted by Gasteiger charge is -2.18. The highest BCUT2D eigenvalue weighted by Gasteiger charge is 2.17. The zero-order valence-electron chi connectivity index (χ0n) is 17.9. The maximum Gasteiger partial charge on any atom is 0.260 e. The number of hydrogen-bond donors (Lipinski definition) is 0. The number of likely N-dealkylation sites (N-methyl/N-ethyl adjacent to an activating group) is 1. The first-order chi connectivity index (χ1) is 14.1. The number of benzene rings is 2. The van der Waals surface area contributed by atoms with Gasteiger partial charge in [-0.05, 0) is 53.8 Å². The number of nitrogens with zero attached hydrogens (tertiary/aromatic N) is 3. The Hall–Kier alpha value is -2.86. The van der Waals surface area contributed by atoms with E-state index in [-0.39, 0.29) is 24.5 Å². The van der Waals surface area contributed by atoms with E-state index in [2.05, 4.69) is 43.1 Å². The van der Waals surface area contributed by atoms with Gasteiger partial charge in [0.1, 0.15) is 5.75 Å². The van der Waals surface area contributed by atoms with E-state index in [1.165, 1.54) is 10.5 Å². The highest BCUT2D eigenvalue weighted by Crippen LogP contribution is 2.26. The Bertz CT molecular complexity index is 1020. The number of halogens is 1. The summed E-state index contributed by atoms with van der Waals surface area (Å²) in [6.45, 7) is 8.49. The summed E-state index contributed by atoms with van der Waals surface area (Å²) in [4.78, 5) is 13.9. The molecule has 6 nitrogen and oxygen atoms in total. The lowest BCUT2D eigenvalue weighted by molar-refractivity contribution is -0.132. The standard InChI is InChI=1S/C23H26ClN3O3/c1-15-12-18(24)10-11-19(15)29-14-21(28)27(5)13-20-25-26-22(30-20)16-6-8-17(9-7-16)23(2,3)4/h6-12H,13-14H2,1-5H3. The second kappa shape index (κ2) is 8.88. The molecule has 3 rings (SSSR count). The van der Waals surface area contributed by atoms with Gasteiger partial charge in [-0.1, -0.05) is 44.5 Å². The van der Waals surface area contributed by atoms with Gasteiger partial charge in [0.05, 0.1) is 6.54 Å². The molecule has 0 atom stereocenters. The predicted molar refractivity (Wildman–Crippen MR) is 117 cm³/mol. The lowest BCUT2D eigenvalue weighted by Crippen LogP contribution is -2.31. The van der Waals surface area contributed by atoms with Crippen LogP contribution in [0.5, 0.6) is 5.75 Å². The molecule has 3 aromatic rings. The fraction of sp³-hybridized carbons (Fsp3) is 0.348. The zero-order valence-corrected chi connectivity index (χ0v) is 18.7. The van der Waals surface area contributed by atoms with E-state index in [9.17, 15) is 4.79 Å². The number of aromatic nitrogens is 2. The summed E-state index contributed by atoms with van der Waals surface area (Å²) >= 11 is 5.94. The van der Waals surface area contributed by atoms with Crippen LogP contribution in [0, 0.1) is 6.92 Å². The number of rotatable bonds is 6. The third kappa shape index (κ3) is 5.39. The van der Waals surface area contributed by atoms with Crippen LogP contribution in [0.25, 0.3) is 11.5 Å². The van der Waals surface area contributed by atoms with Crippen LogP contribution < -0.4 is 4.74 Å². The first-order valence-electron chi connectivity index (χ1n) is 9.69. The maximum absolute atomic E-state index is 12.4. The fourth-order valence-electron chi connectivity index (χ4n) is 2.86. The largest absolute Gasteiger partial charge is 0.483 e. The summed E-state index contributed by atoms with van der Waals surface area (Å²) in [5.41, 5.74) is 3.02. The number of carbonyl (C=O) groups is 1. The van der Waals surface area contributed by atoms with Crippen molar-refractivity contribution in [3.05, 3.63) is 64.5 Å². The van der Waals surface area contributed by atoms with Crippen LogP contribution >= 0.6 is 11.6 Å². The Labute approximate surface area is 181 Å². The number of carbonyl (C=O) groups excluding carboxylic acids is 1. The first-order valence-corrected chi connectivity index (χ1v) is 10.1. The molecule has 0 fully saturated rings. The molecule has 0 bridgehead atoms. The molecular formula is C23H26ClN3O3. The molecule has 30 heavy (non-hydrogen) atoms. The Morgan fingerprint density at radius 1 is 1.13 bits per heavy atom. The van der Waals surface area contributed by atoms with Crippen molar-refractivity contribution < 1.29 is 13.9 Å². The van der Waals surface area contributed by atoms with Gasteiger partial charge >= 0.3 is 0 Å². The normalized spacial score (nSPS) is 11.4. The van der Waals surface area contributed by atoms with Crippen molar-refractivity contribution in [3.8, 4) is 17.2 Å². The molecule has 0 saturated carbocycles. The minimum Gasteiger partial charge on any atom is -0.483 e. The van der Waals surface area contributed by atoms with Gasteiger partial charge in [0.25, 0.3) is 5.91 Å². The average molecular weight is 428 g/mol. The SMILES string of the molecule is Cc1cc(Cl)ccc1OCC(=O)N(C)Cc1nnc(-c2ccc(C(C)(C)C)cc2)o1. The van der Waals surface area contributed by atoms with Crippen LogP contribution in [-0.2, 0) is 16.8 Å². The summed E-state index contributed by atoms with van der Waals surface area (Å²) in [6.07, 6.45) is 0. The minimum atomic E-state index is -0.196. The van der Waals surface area contributed by atoms with E-state index < -0.39 is 0 Å². The first kappa shape index (κ1) is 21.8. The number of amides is 1. The predicted octanol–water partition coefficient (Wildman–Crippen LogP) is 5.03. The monoisotopic (exact) mass is 427 g/mol. The van der Waals surface area contributed by atoms with Gasteiger partial charge in [0, 0.05) is 17.6 Å². The summed E-state index contributed by atoms with van der Waals surface area (Å²) in [7, 11) is 1.67. The van der Waals surface area contributed by atoms with Crippen molar-refractivity contribution in [2.24, 2.45) is 0 Å². The molecule has 1 amide bonds. The van der Waals surface area contributed by atoms with E-state index in [4.69, 9.17) is 20.8 Å². The molecule has 1 aromatic heterocycles. The Morgan fingerprint density at radius 2 is 1.83 bits per heavy atom. The number of aryl methyl sites for hydroxylation is 1. The van der Waals surface area contributed by atoms with Gasteiger partial charge < -0.3 is 14.1 Å².